The molecule has 1 saturated carbocycles. The minimum atomic E-state index is -0.197. The lowest BCUT2D eigenvalue weighted by atomic mass is 9.94. The van der Waals surface area contributed by atoms with E-state index in [1.165, 1.54) is 22.6 Å². The molecule has 0 bridgehead atoms. The number of aryl methyl sites for hydroxylation is 1. The fraction of sp³-hybridized carbons (Fsp3) is 0.429. The summed E-state index contributed by atoms with van der Waals surface area (Å²) in [7, 11) is 0. The number of carbonyl (C=O) groups is 1. The third kappa shape index (κ3) is 3.71. The predicted molar refractivity (Wildman–Crippen MR) is 122 cm³/mol. The van der Waals surface area contributed by atoms with E-state index in [2.05, 4.69) is 10.3 Å². The summed E-state index contributed by atoms with van der Waals surface area (Å²) >= 11 is 6.79. The lowest BCUT2D eigenvalue weighted by Crippen LogP contribution is -2.39. The van der Waals surface area contributed by atoms with Gasteiger partial charge in [-0.25, -0.2) is 4.98 Å². The quantitative estimate of drug-likeness (QED) is 0.587. The first-order valence-electron chi connectivity index (χ1n) is 10.0. The van der Waals surface area contributed by atoms with Crippen LogP contribution in [0.15, 0.2) is 28.0 Å². The highest BCUT2D eigenvalue weighted by atomic mass is 32.2. The van der Waals surface area contributed by atoms with Gasteiger partial charge in [-0.15, -0.1) is 0 Å². The smallest absolute Gasteiger partial charge is 0.267 e. The van der Waals surface area contributed by atoms with Crippen molar-refractivity contribution in [2.75, 3.05) is 11.9 Å². The zero-order chi connectivity index (χ0) is 20.5. The Morgan fingerprint density at radius 2 is 2.07 bits per heavy atom. The standard InChI is InChI=1S/C21H24N4O2S2/c1-3-22-17-15(19(26)24-11-7-8-13(2)18(24)23-17)12-16-20(27)25(21(28)29-16)14-9-5-4-6-10-14/h7-8,11-12,14,22H,3-6,9-10H2,1-2H3/b16-12+. The Labute approximate surface area is 179 Å². The minimum absolute atomic E-state index is 0.0944. The number of hydrogen-bond donors (Lipinski definition) is 1. The molecule has 1 amide bonds. The largest absolute Gasteiger partial charge is 0.370 e. The normalized spacial score (nSPS) is 19.5. The number of aromatic nitrogens is 2. The van der Waals surface area contributed by atoms with Gasteiger partial charge in [-0.05, 0) is 44.4 Å². The Bertz CT molecular complexity index is 1070. The molecule has 1 saturated heterocycles. The maximum Gasteiger partial charge on any atom is 0.267 e. The molecule has 3 heterocycles. The van der Waals surface area contributed by atoms with E-state index in [1.807, 2.05) is 26.0 Å². The molecule has 1 aliphatic heterocycles. The summed E-state index contributed by atoms with van der Waals surface area (Å²) in [6.45, 7) is 4.50. The molecule has 29 heavy (non-hydrogen) atoms. The number of carbonyl (C=O) groups excluding carboxylic acids is 1. The molecule has 0 spiro atoms. The van der Waals surface area contributed by atoms with Crippen molar-refractivity contribution in [2.45, 2.75) is 52.0 Å². The average Bonchev–Trinajstić information content (AvgIpc) is 2.99. The first-order valence-corrected chi connectivity index (χ1v) is 11.3. The summed E-state index contributed by atoms with van der Waals surface area (Å²) in [5.41, 5.74) is 1.72. The first-order chi connectivity index (χ1) is 14.0. The van der Waals surface area contributed by atoms with E-state index in [1.54, 1.807) is 17.2 Å². The summed E-state index contributed by atoms with van der Waals surface area (Å²) in [5, 5.41) is 3.17. The maximum absolute atomic E-state index is 13.2. The van der Waals surface area contributed by atoms with Gasteiger partial charge in [0, 0.05) is 18.8 Å². The van der Waals surface area contributed by atoms with Crippen molar-refractivity contribution in [3.63, 3.8) is 0 Å². The highest BCUT2D eigenvalue weighted by Gasteiger charge is 2.37. The summed E-state index contributed by atoms with van der Waals surface area (Å²) in [5.74, 6) is 0.401. The second-order valence-electron chi connectivity index (χ2n) is 7.44. The van der Waals surface area contributed by atoms with Gasteiger partial charge >= 0.3 is 0 Å². The van der Waals surface area contributed by atoms with E-state index in [0.29, 0.717) is 32.8 Å². The van der Waals surface area contributed by atoms with E-state index in [4.69, 9.17) is 12.2 Å². The summed E-state index contributed by atoms with van der Waals surface area (Å²) in [6, 6.07) is 3.92. The van der Waals surface area contributed by atoms with Gasteiger partial charge in [-0.2, -0.15) is 0 Å². The van der Waals surface area contributed by atoms with Crippen LogP contribution in [0.3, 0.4) is 0 Å². The number of rotatable bonds is 4. The van der Waals surface area contributed by atoms with Crippen LogP contribution in [0.2, 0.25) is 0 Å². The fourth-order valence-electron chi connectivity index (χ4n) is 4.01. The topological polar surface area (TPSA) is 66.7 Å². The minimum Gasteiger partial charge on any atom is -0.370 e. The van der Waals surface area contributed by atoms with E-state index in [0.717, 1.165) is 31.2 Å². The van der Waals surface area contributed by atoms with Crippen LogP contribution in [0.1, 0.15) is 50.2 Å². The molecule has 0 atom stereocenters. The van der Waals surface area contributed by atoms with Crippen LogP contribution in [0.5, 0.6) is 0 Å². The number of hydrogen-bond acceptors (Lipinski definition) is 6. The third-order valence-corrected chi connectivity index (χ3v) is 6.80. The van der Waals surface area contributed by atoms with E-state index < -0.39 is 0 Å². The van der Waals surface area contributed by atoms with Crippen LogP contribution in [0, 0.1) is 6.92 Å². The zero-order valence-electron chi connectivity index (χ0n) is 16.6. The van der Waals surface area contributed by atoms with Crippen molar-refractivity contribution in [1.82, 2.24) is 14.3 Å². The Morgan fingerprint density at radius 1 is 1.31 bits per heavy atom. The molecule has 0 radical (unpaired) electrons. The molecule has 0 unspecified atom stereocenters. The average molecular weight is 429 g/mol. The molecule has 2 aromatic rings. The van der Waals surface area contributed by atoms with E-state index in [9.17, 15) is 9.59 Å². The molecular weight excluding hydrogens is 404 g/mol. The first kappa shape index (κ1) is 20.1. The fourth-order valence-corrected chi connectivity index (χ4v) is 5.39. The zero-order valence-corrected chi connectivity index (χ0v) is 18.2. The molecule has 152 valence electrons. The molecule has 4 rings (SSSR count). The van der Waals surface area contributed by atoms with Crippen LogP contribution < -0.4 is 10.9 Å². The lowest BCUT2D eigenvalue weighted by Gasteiger charge is -2.29. The van der Waals surface area contributed by atoms with Crippen molar-refractivity contribution in [3.8, 4) is 0 Å². The van der Waals surface area contributed by atoms with Crippen molar-refractivity contribution < 1.29 is 4.79 Å². The molecule has 2 aliphatic rings. The lowest BCUT2D eigenvalue weighted by molar-refractivity contribution is -0.124. The van der Waals surface area contributed by atoms with Gasteiger partial charge in [-0.3, -0.25) is 18.9 Å². The van der Waals surface area contributed by atoms with Gasteiger partial charge in [0.1, 0.15) is 15.8 Å². The van der Waals surface area contributed by atoms with Crippen molar-refractivity contribution in [2.24, 2.45) is 0 Å². The Balaban J connectivity index is 1.78. The van der Waals surface area contributed by atoms with E-state index >= 15 is 0 Å². The molecule has 8 heteroatoms. The molecule has 1 N–H and O–H groups in total. The SMILES string of the molecule is CCNc1nc2c(C)cccn2c(=O)c1/C=C1/SC(=S)N(C2CCCCC2)C1=O. The van der Waals surface area contributed by atoms with Crippen molar-refractivity contribution >= 4 is 51.7 Å². The molecular formula is C21H24N4O2S2. The number of amides is 1. The van der Waals surface area contributed by atoms with Gasteiger partial charge < -0.3 is 5.32 Å². The maximum atomic E-state index is 13.2. The number of fused-ring (bicyclic) bond motifs is 1. The van der Waals surface area contributed by atoms with Crippen LogP contribution >= 0.6 is 24.0 Å². The third-order valence-electron chi connectivity index (χ3n) is 5.47. The van der Waals surface area contributed by atoms with E-state index in [-0.39, 0.29) is 17.5 Å². The highest BCUT2D eigenvalue weighted by molar-refractivity contribution is 8.26. The number of nitrogens with zero attached hydrogens (tertiary/aromatic N) is 3. The van der Waals surface area contributed by atoms with Crippen LogP contribution in [0.25, 0.3) is 11.7 Å². The van der Waals surface area contributed by atoms with Gasteiger partial charge in [0.2, 0.25) is 0 Å². The summed E-state index contributed by atoms with van der Waals surface area (Å²) in [6.07, 6.45) is 8.80. The van der Waals surface area contributed by atoms with Gasteiger partial charge in [-0.1, -0.05) is 49.3 Å². The number of pyridine rings is 1. The molecule has 1 aliphatic carbocycles. The second kappa shape index (κ2) is 8.28. The molecule has 2 aromatic heterocycles. The van der Waals surface area contributed by atoms with Gasteiger partial charge in [0.25, 0.3) is 11.5 Å². The van der Waals surface area contributed by atoms with Crippen molar-refractivity contribution in [1.29, 1.82) is 0 Å². The van der Waals surface area contributed by atoms with Crippen molar-refractivity contribution in [3.05, 3.63) is 44.7 Å². The predicted octanol–water partition coefficient (Wildman–Crippen LogP) is 3.97. The second-order valence-corrected chi connectivity index (χ2v) is 9.11. The van der Waals surface area contributed by atoms with Crippen LogP contribution in [0.4, 0.5) is 5.82 Å². The Hall–Kier alpha value is -2.19. The Kier molecular flexibility index (Phi) is 5.74. The Morgan fingerprint density at radius 3 is 2.79 bits per heavy atom. The van der Waals surface area contributed by atoms with Crippen LogP contribution in [-0.2, 0) is 4.79 Å². The number of anilines is 1. The van der Waals surface area contributed by atoms with Gasteiger partial charge in [0.05, 0.1) is 10.5 Å². The summed E-state index contributed by atoms with van der Waals surface area (Å²) in [4.78, 5) is 33.2. The molecule has 0 aromatic carbocycles. The molecule has 6 nitrogen and oxygen atoms in total. The number of thiocarbonyl (C=S) groups is 1. The number of nitrogens with one attached hydrogen (secondary N) is 1. The monoisotopic (exact) mass is 428 g/mol. The van der Waals surface area contributed by atoms with Crippen LogP contribution in [-0.4, -0.2) is 37.1 Å². The van der Waals surface area contributed by atoms with Gasteiger partial charge in [0.15, 0.2) is 0 Å². The highest BCUT2D eigenvalue weighted by Crippen LogP contribution is 2.37. The molecule has 2 fully saturated rings. The number of thioether (sulfide) groups is 1. The summed E-state index contributed by atoms with van der Waals surface area (Å²) < 4.78 is 2.12.